The van der Waals surface area contributed by atoms with Crippen LogP contribution in [0.3, 0.4) is 0 Å². The van der Waals surface area contributed by atoms with Gasteiger partial charge in [-0.05, 0) is 30.5 Å². The van der Waals surface area contributed by atoms with Crippen molar-refractivity contribution in [1.82, 2.24) is 4.31 Å². The first-order valence-electron chi connectivity index (χ1n) is 9.69. The second-order valence-corrected chi connectivity index (χ2v) is 8.76. The quantitative estimate of drug-likeness (QED) is 0.320. The van der Waals surface area contributed by atoms with E-state index in [1.165, 1.54) is 12.1 Å². The van der Waals surface area contributed by atoms with Crippen LogP contribution < -0.4 is 0 Å². The zero-order valence-corrected chi connectivity index (χ0v) is 18.0. The maximum absolute atomic E-state index is 13.5. The largest absolute Gasteiger partial charge is 0.465 e. The highest BCUT2D eigenvalue weighted by atomic mass is 32.2. The summed E-state index contributed by atoms with van der Waals surface area (Å²) < 4.78 is 33.4. The number of nitro groups is 1. The van der Waals surface area contributed by atoms with Crippen LogP contribution in [0.5, 0.6) is 0 Å². The van der Waals surface area contributed by atoms with Crippen LogP contribution >= 0.6 is 0 Å². The van der Waals surface area contributed by atoms with Gasteiger partial charge in [0, 0.05) is 18.7 Å². The number of benzene rings is 2. The summed E-state index contributed by atoms with van der Waals surface area (Å²) in [6, 6.07) is 12.5. The molecule has 0 aliphatic rings. The molecule has 0 fully saturated rings. The van der Waals surface area contributed by atoms with Crippen molar-refractivity contribution in [2.75, 3.05) is 6.61 Å². The second kappa shape index (κ2) is 10.3. The van der Waals surface area contributed by atoms with E-state index in [9.17, 15) is 23.3 Å². The Morgan fingerprint density at radius 1 is 1.10 bits per heavy atom. The topological polar surface area (TPSA) is 107 Å². The van der Waals surface area contributed by atoms with Gasteiger partial charge in [-0.15, -0.1) is 0 Å². The minimum absolute atomic E-state index is 0.0337. The molecule has 2 atom stereocenters. The van der Waals surface area contributed by atoms with Crippen molar-refractivity contribution in [3.63, 3.8) is 0 Å². The molecule has 0 aliphatic heterocycles. The Bertz CT molecular complexity index is 961. The summed E-state index contributed by atoms with van der Waals surface area (Å²) in [5, 5.41) is 10.9. The summed E-state index contributed by atoms with van der Waals surface area (Å²) in [5.74, 6) is -0.922. The van der Waals surface area contributed by atoms with E-state index in [0.29, 0.717) is 12.0 Å². The first-order valence-corrected chi connectivity index (χ1v) is 11.1. The zero-order valence-electron chi connectivity index (χ0n) is 17.2. The van der Waals surface area contributed by atoms with Gasteiger partial charge in [0.2, 0.25) is 10.0 Å². The first-order chi connectivity index (χ1) is 14.2. The molecular weight excluding hydrogens is 408 g/mol. The molecule has 162 valence electrons. The Balaban J connectivity index is 2.57. The number of sulfonamides is 1. The van der Waals surface area contributed by atoms with Crippen molar-refractivity contribution in [3.8, 4) is 0 Å². The van der Waals surface area contributed by atoms with E-state index < -0.39 is 27.0 Å². The Morgan fingerprint density at radius 3 is 2.20 bits per heavy atom. The summed E-state index contributed by atoms with van der Waals surface area (Å²) in [6.07, 6.45) is 0.560. The van der Waals surface area contributed by atoms with E-state index in [2.05, 4.69) is 0 Å². The fraction of sp³-hybridized carbons (Fsp3) is 0.381. The normalized spacial score (nSPS) is 13.6. The summed E-state index contributed by atoms with van der Waals surface area (Å²) in [6.45, 7) is 5.43. The van der Waals surface area contributed by atoms with Crippen molar-refractivity contribution < 1.29 is 22.9 Å². The van der Waals surface area contributed by atoms with E-state index in [0.717, 1.165) is 16.4 Å². The van der Waals surface area contributed by atoms with Gasteiger partial charge in [0.1, 0.15) is 6.04 Å². The third kappa shape index (κ3) is 5.43. The van der Waals surface area contributed by atoms with Crippen molar-refractivity contribution in [2.45, 2.75) is 44.7 Å². The SMILES string of the molecule is CCOC(=O)[C@H]([C@@H](C)CC)N(Cc1ccccc1)S(=O)(=O)c1ccc([N+](=O)[O-])cc1. The molecule has 0 radical (unpaired) electrons. The molecule has 0 saturated carbocycles. The van der Waals surface area contributed by atoms with Crippen LogP contribution in [0.4, 0.5) is 5.69 Å². The predicted molar refractivity (Wildman–Crippen MR) is 112 cm³/mol. The van der Waals surface area contributed by atoms with Crippen molar-refractivity contribution in [1.29, 1.82) is 0 Å². The summed E-state index contributed by atoms with van der Waals surface area (Å²) in [7, 11) is -4.15. The number of ether oxygens (including phenoxy) is 1. The molecule has 0 spiro atoms. The fourth-order valence-electron chi connectivity index (χ4n) is 3.06. The van der Waals surface area contributed by atoms with Gasteiger partial charge in [-0.3, -0.25) is 14.9 Å². The van der Waals surface area contributed by atoms with Crippen molar-refractivity contribution in [2.24, 2.45) is 5.92 Å². The number of rotatable bonds is 10. The summed E-state index contributed by atoms with van der Waals surface area (Å²) in [5.41, 5.74) is 0.494. The Labute approximate surface area is 176 Å². The molecule has 0 amide bonds. The van der Waals surface area contributed by atoms with Gasteiger partial charge in [-0.1, -0.05) is 50.6 Å². The van der Waals surface area contributed by atoms with E-state index in [4.69, 9.17) is 4.74 Å². The number of non-ortho nitro benzene ring substituents is 1. The minimum atomic E-state index is -4.15. The van der Waals surface area contributed by atoms with Gasteiger partial charge < -0.3 is 4.74 Å². The molecule has 0 saturated heterocycles. The minimum Gasteiger partial charge on any atom is -0.465 e. The van der Waals surface area contributed by atoms with E-state index in [1.54, 1.807) is 38.1 Å². The lowest BCUT2D eigenvalue weighted by atomic mass is 9.99. The van der Waals surface area contributed by atoms with Gasteiger partial charge in [-0.25, -0.2) is 8.42 Å². The van der Waals surface area contributed by atoms with Crippen LogP contribution in [0, 0.1) is 16.0 Å². The van der Waals surface area contributed by atoms with Gasteiger partial charge in [-0.2, -0.15) is 4.31 Å². The van der Waals surface area contributed by atoms with E-state index in [-0.39, 0.29) is 29.7 Å². The monoisotopic (exact) mass is 434 g/mol. The maximum Gasteiger partial charge on any atom is 0.324 e. The maximum atomic E-state index is 13.5. The predicted octanol–water partition coefficient (Wildman–Crippen LogP) is 3.76. The third-order valence-corrected chi connectivity index (χ3v) is 6.70. The van der Waals surface area contributed by atoms with Crippen molar-refractivity contribution in [3.05, 3.63) is 70.3 Å². The Kier molecular flexibility index (Phi) is 8.08. The van der Waals surface area contributed by atoms with Gasteiger partial charge in [0.15, 0.2) is 0 Å². The molecule has 0 N–H and O–H groups in total. The molecule has 2 aromatic rings. The molecule has 0 bridgehead atoms. The molecule has 8 nitrogen and oxygen atoms in total. The number of carbonyl (C=O) groups excluding carboxylic acids is 1. The molecule has 0 aliphatic carbocycles. The van der Waals surface area contributed by atoms with Gasteiger partial charge in [0.05, 0.1) is 16.4 Å². The first kappa shape index (κ1) is 23.5. The molecule has 2 aromatic carbocycles. The summed E-state index contributed by atoms with van der Waals surface area (Å²) >= 11 is 0. The highest BCUT2D eigenvalue weighted by Crippen LogP contribution is 2.28. The van der Waals surface area contributed by atoms with Crippen molar-refractivity contribution >= 4 is 21.7 Å². The highest BCUT2D eigenvalue weighted by molar-refractivity contribution is 7.89. The number of hydrogen-bond acceptors (Lipinski definition) is 6. The van der Waals surface area contributed by atoms with E-state index in [1.807, 2.05) is 13.0 Å². The van der Waals surface area contributed by atoms with Crippen LogP contribution in [-0.4, -0.2) is 36.3 Å². The van der Waals surface area contributed by atoms with Gasteiger partial charge in [0.25, 0.3) is 5.69 Å². The molecule has 0 aromatic heterocycles. The molecule has 9 heteroatoms. The lowest BCUT2D eigenvalue weighted by Crippen LogP contribution is -2.48. The van der Waals surface area contributed by atoms with Crippen LogP contribution in [0.1, 0.15) is 32.8 Å². The lowest BCUT2D eigenvalue weighted by molar-refractivity contribution is -0.384. The third-order valence-electron chi connectivity index (χ3n) is 4.86. The number of hydrogen-bond donors (Lipinski definition) is 0. The highest BCUT2D eigenvalue weighted by Gasteiger charge is 2.39. The number of esters is 1. The van der Waals surface area contributed by atoms with Gasteiger partial charge >= 0.3 is 5.97 Å². The van der Waals surface area contributed by atoms with E-state index >= 15 is 0 Å². The summed E-state index contributed by atoms with van der Waals surface area (Å²) in [4.78, 5) is 23.0. The van der Waals surface area contributed by atoms with Crippen LogP contribution in [0.2, 0.25) is 0 Å². The Hall–Kier alpha value is -2.78. The number of nitrogens with zero attached hydrogens (tertiary/aromatic N) is 2. The standard InChI is InChI=1S/C21H26N2O6S/c1-4-16(3)20(21(24)29-5-2)22(15-17-9-7-6-8-10-17)30(27,28)19-13-11-18(12-14-19)23(25)26/h6-14,16,20H,4-5,15H2,1-3H3/t16-,20-/m0/s1. The van der Waals surface area contributed by atoms with Crippen LogP contribution in [0.15, 0.2) is 59.5 Å². The van der Waals surface area contributed by atoms with Crippen LogP contribution in [0.25, 0.3) is 0 Å². The zero-order chi connectivity index (χ0) is 22.3. The number of nitro benzene ring substituents is 1. The van der Waals surface area contributed by atoms with Crippen LogP contribution in [-0.2, 0) is 26.1 Å². The molecule has 30 heavy (non-hydrogen) atoms. The molecule has 0 heterocycles. The number of carbonyl (C=O) groups is 1. The second-order valence-electron chi connectivity index (χ2n) is 6.87. The lowest BCUT2D eigenvalue weighted by Gasteiger charge is -2.33. The molecular formula is C21H26N2O6S. The average Bonchev–Trinajstić information content (AvgIpc) is 2.74. The Morgan fingerprint density at radius 2 is 1.70 bits per heavy atom. The molecule has 2 rings (SSSR count). The molecule has 0 unspecified atom stereocenters. The smallest absolute Gasteiger partial charge is 0.324 e. The average molecular weight is 435 g/mol. The fourth-order valence-corrected chi connectivity index (χ4v) is 4.72.